The van der Waals surface area contributed by atoms with Gasteiger partial charge in [0.15, 0.2) is 0 Å². The second-order valence-electron chi connectivity index (χ2n) is 19.1. The van der Waals surface area contributed by atoms with Crippen molar-refractivity contribution in [2.75, 3.05) is 131 Å². The Morgan fingerprint density at radius 1 is 0.593 bits per heavy atom. The molecule has 0 heterocycles. The molecule has 0 saturated heterocycles. The molecule has 0 bridgehead atoms. The van der Waals surface area contributed by atoms with Gasteiger partial charge in [-0.15, -0.1) is 11.6 Å². The molecule has 4 N–H and O–H groups in total. The van der Waals surface area contributed by atoms with Crippen LogP contribution in [-0.4, -0.2) is 183 Å². The zero-order chi connectivity index (χ0) is 62.9. The van der Waals surface area contributed by atoms with Crippen molar-refractivity contribution in [3.05, 3.63) is 87.3 Å². The summed E-state index contributed by atoms with van der Waals surface area (Å²) in [6.45, 7) is 12.3. The number of ketones is 1. The number of hydrogen-bond acceptors (Lipinski definition) is 19. The Kier molecular flexibility index (Phi) is 49.8. The number of benzene rings is 2. The molecule has 0 aliphatic heterocycles. The minimum Gasteiger partial charge on any atom is -0.463 e. The van der Waals surface area contributed by atoms with Crippen molar-refractivity contribution in [3.8, 4) is 0 Å². The first-order chi connectivity index (χ1) is 41.9. The van der Waals surface area contributed by atoms with Gasteiger partial charge < -0.3 is 62.9 Å². The molecule has 484 valence electrons. The maximum Gasteiger partial charge on any atom is 0.407 e. The van der Waals surface area contributed by atoms with E-state index in [1.165, 1.54) is 0 Å². The molecule has 26 heteroatoms. The number of carbonyl (C=O) groups is 7. The fraction of sp³-hybridized carbons (Fsp3) is 0.650. The highest BCUT2D eigenvalue weighted by Gasteiger charge is 2.18. The summed E-state index contributed by atoms with van der Waals surface area (Å²) >= 11 is 5.63. The van der Waals surface area contributed by atoms with Gasteiger partial charge in [0.1, 0.15) is 32.2 Å². The van der Waals surface area contributed by atoms with Gasteiger partial charge in [0.05, 0.1) is 59.5 Å². The number of unbranched alkanes of at least 4 members (excludes halogenated alkanes) is 6. The lowest BCUT2D eigenvalue weighted by Gasteiger charge is -2.24. The summed E-state index contributed by atoms with van der Waals surface area (Å²) in [5.74, 6) is -0.390. The highest BCUT2D eigenvalue weighted by Crippen LogP contribution is 2.22. The number of alkyl carbamates (subject to hydrolysis) is 2. The van der Waals surface area contributed by atoms with Crippen molar-refractivity contribution >= 4 is 59.0 Å². The number of alkyl halides is 1. The largest absolute Gasteiger partial charge is 0.463 e. The van der Waals surface area contributed by atoms with Crippen LogP contribution in [0.5, 0.6) is 0 Å². The maximum atomic E-state index is 13.6. The van der Waals surface area contributed by atoms with Gasteiger partial charge in [-0.1, -0.05) is 68.1 Å². The molecule has 2 aromatic carbocycles. The van der Waals surface area contributed by atoms with Gasteiger partial charge in [-0.05, 0) is 98.9 Å². The van der Waals surface area contributed by atoms with Crippen LogP contribution in [0.15, 0.2) is 59.7 Å². The van der Waals surface area contributed by atoms with Crippen LogP contribution in [0.25, 0.3) is 10.4 Å². The third kappa shape index (κ3) is 45.0. The van der Waals surface area contributed by atoms with Gasteiger partial charge in [0.25, 0.3) is 5.91 Å². The van der Waals surface area contributed by atoms with E-state index in [-0.39, 0.29) is 95.7 Å². The van der Waals surface area contributed by atoms with Crippen LogP contribution in [0.1, 0.15) is 131 Å². The minimum atomic E-state index is -0.622. The van der Waals surface area contributed by atoms with E-state index in [2.05, 4.69) is 20.7 Å². The van der Waals surface area contributed by atoms with Gasteiger partial charge >= 0.3 is 24.1 Å². The molecule has 0 saturated carbocycles. The van der Waals surface area contributed by atoms with E-state index < -0.39 is 18.1 Å². The molecule has 0 spiro atoms. The van der Waals surface area contributed by atoms with Crippen molar-refractivity contribution in [2.45, 2.75) is 124 Å². The Labute approximate surface area is 511 Å². The predicted octanol–water partition coefficient (Wildman–Crippen LogP) is 9.12. The number of Topliss-reactive ketones (excluding diaryl/α,β-unsaturated/α-hetero) is 1. The number of rotatable bonds is 51. The smallest absolute Gasteiger partial charge is 0.407 e. The SMILES string of the molecule is CCCC(=O)OC/C=C/COC(=O)NCCOCCOCCOC(=O)CCCOCCOCCCCCCCl.CCOCCOCCOC(=O)NCCN(Cc1ccc(N=[N+]=[N-])c(C)c1)C(=O)c1ccc(CC(=O)CCCCCCC(=O)NO)cc1. The van der Waals surface area contributed by atoms with Crippen LogP contribution < -0.4 is 16.1 Å². The van der Waals surface area contributed by atoms with Crippen LogP contribution in [0.3, 0.4) is 0 Å². The molecular weight excluding hydrogens is 1140 g/mol. The molecule has 2 aromatic rings. The number of hydroxylamine groups is 1. The number of nitrogens with zero attached hydrogens (tertiary/aromatic N) is 4. The van der Waals surface area contributed by atoms with Crippen LogP contribution >= 0.6 is 11.6 Å². The lowest BCUT2D eigenvalue weighted by atomic mass is 10.0. The number of hydrogen-bond donors (Lipinski definition) is 4. The van der Waals surface area contributed by atoms with Crippen LogP contribution in [0.4, 0.5) is 15.3 Å². The number of nitrogens with one attached hydrogen (secondary N) is 3. The van der Waals surface area contributed by atoms with E-state index in [4.69, 9.17) is 69.7 Å². The standard InChI is InChI=1S/C33H46N6O8.C27H48ClNO10/c1-3-45-18-19-46-20-21-47-33(43)35-16-17-39(24-27-12-15-30(36-38-34)25(2)22-27)32(42)28-13-10-26(11-14-28)23-29(40)8-6-4-5-7-9-31(41)37-44;1-2-10-25(30)37-16-7-8-17-39-27(32)29-13-18-35-21-22-36-23-24-38-26(31)11-9-15-34-20-19-33-14-6-4-3-5-12-28/h10-15,22,44H,3-9,16-21,23-24H2,1-2H3,(H,35,43)(H,37,41);7-8H,2-6,9-24H2,1H3,(H,29,32)/b;8-7+. The van der Waals surface area contributed by atoms with E-state index in [1.54, 1.807) is 58.9 Å². The van der Waals surface area contributed by atoms with E-state index in [1.807, 2.05) is 26.8 Å². The van der Waals surface area contributed by atoms with E-state index in [0.29, 0.717) is 109 Å². The average molecular weight is 1240 g/mol. The predicted molar refractivity (Wildman–Crippen MR) is 321 cm³/mol. The zero-order valence-corrected chi connectivity index (χ0v) is 51.5. The Hall–Kier alpha value is -6.41. The lowest BCUT2D eigenvalue weighted by Crippen LogP contribution is -2.38. The third-order valence-corrected chi connectivity index (χ3v) is 12.2. The Bertz CT molecular complexity index is 2240. The van der Waals surface area contributed by atoms with Gasteiger partial charge in [-0.2, -0.15) is 0 Å². The van der Waals surface area contributed by atoms with E-state index >= 15 is 0 Å². The molecule has 0 radical (unpaired) electrons. The molecule has 0 aliphatic rings. The molecule has 25 nitrogen and oxygen atoms in total. The number of halogens is 1. The lowest BCUT2D eigenvalue weighted by molar-refractivity contribution is -0.146. The Morgan fingerprint density at radius 2 is 1.15 bits per heavy atom. The number of aryl methyl sites for hydroxylation is 1. The van der Waals surface area contributed by atoms with Gasteiger partial charge in [-0.3, -0.25) is 29.2 Å². The van der Waals surface area contributed by atoms with Crippen molar-refractivity contribution < 1.29 is 86.1 Å². The molecule has 0 aliphatic carbocycles. The molecule has 0 atom stereocenters. The Morgan fingerprint density at radius 3 is 1.80 bits per heavy atom. The molecule has 0 unspecified atom stereocenters. The van der Waals surface area contributed by atoms with Crippen molar-refractivity contribution in [1.82, 2.24) is 21.0 Å². The first kappa shape index (κ1) is 77.6. The minimum absolute atomic E-state index is 0.0796. The summed E-state index contributed by atoms with van der Waals surface area (Å²) in [6, 6.07) is 12.2. The number of ether oxygens (including phenoxy) is 10. The third-order valence-electron chi connectivity index (χ3n) is 12.0. The van der Waals surface area contributed by atoms with Crippen LogP contribution in [-0.2, 0) is 79.5 Å². The van der Waals surface area contributed by atoms with E-state index in [0.717, 1.165) is 80.5 Å². The summed E-state index contributed by atoms with van der Waals surface area (Å²) in [7, 11) is 0. The first-order valence-electron chi connectivity index (χ1n) is 29.6. The summed E-state index contributed by atoms with van der Waals surface area (Å²) < 4.78 is 52.3. The summed E-state index contributed by atoms with van der Waals surface area (Å²) in [5.41, 5.74) is 13.7. The van der Waals surface area contributed by atoms with E-state index in [9.17, 15) is 33.6 Å². The summed E-state index contributed by atoms with van der Waals surface area (Å²) in [5, 5.41) is 17.4. The molecule has 86 heavy (non-hydrogen) atoms. The van der Waals surface area contributed by atoms with Crippen LogP contribution in [0, 0.1) is 6.92 Å². The first-order valence-corrected chi connectivity index (χ1v) is 30.2. The summed E-state index contributed by atoms with van der Waals surface area (Å²) in [4.78, 5) is 88.1. The highest BCUT2D eigenvalue weighted by atomic mass is 35.5. The van der Waals surface area contributed by atoms with Crippen molar-refractivity contribution in [1.29, 1.82) is 0 Å². The number of azide groups is 1. The van der Waals surface area contributed by atoms with Crippen LogP contribution in [0.2, 0.25) is 0 Å². The second-order valence-corrected chi connectivity index (χ2v) is 19.5. The maximum absolute atomic E-state index is 13.6. The number of esters is 2. The highest BCUT2D eigenvalue weighted by molar-refractivity contribution is 6.17. The topological polar surface area (TPSA) is 320 Å². The zero-order valence-electron chi connectivity index (χ0n) is 50.7. The molecule has 0 aromatic heterocycles. The average Bonchev–Trinajstić information content (AvgIpc) is 3.15. The number of carbonyl (C=O) groups excluding carboxylic acids is 7. The molecule has 2 rings (SSSR count). The molecular formula is C60H94ClN7O18. The van der Waals surface area contributed by atoms with Gasteiger partial charge in [0, 0.05) is 100 Å². The second kappa shape index (κ2) is 55.2. The van der Waals surface area contributed by atoms with Gasteiger partial charge in [0.2, 0.25) is 5.91 Å². The van der Waals surface area contributed by atoms with Crippen molar-refractivity contribution in [2.24, 2.45) is 5.11 Å². The molecule has 4 amide bonds. The number of amides is 4. The Balaban J connectivity index is 0.000000877. The van der Waals surface area contributed by atoms with Gasteiger partial charge in [-0.25, -0.2) is 15.1 Å². The summed E-state index contributed by atoms with van der Waals surface area (Å²) in [6.07, 6.45) is 12.4. The normalized spacial score (nSPS) is 10.8. The fourth-order valence-corrected chi connectivity index (χ4v) is 7.68. The van der Waals surface area contributed by atoms with Crippen molar-refractivity contribution in [3.63, 3.8) is 0 Å². The fourth-order valence-electron chi connectivity index (χ4n) is 7.49. The monoisotopic (exact) mass is 1240 g/mol. The molecule has 0 fully saturated rings. The quantitative estimate of drug-likeness (QED) is 0.00458.